The molecular weight excluding hydrogens is 288 g/mol. The Morgan fingerprint density at radius 3 is 2.28 bits per heavy atom. The highest BCUT2D eigenvalue weighted by atomic mass is 35.5. The SMILES string of the molecule is CCCN(CC(F)(F)F)c1cc(Cl)c(Cl)cc1N. The highest BCUT2D eigenvalue weighted by Gasteiger charge is 2.31. The molecule has 0 aliphatic rings. The van der Waals surface area contributed by atoms with Crippen molar-refractivity contribution in [2.24, 2.45) is 0 Å². The van der Waals surface area contributed by atoms with E-state index in [9.17, 15) is 13.2 Å². The second-order valence-corrected chi connectivity index (χ2v) is 4.68. The van der Waals surface area contributed by atoms with Crippen molar-refractivity contribution in [3.63, 3.8) is 0 Å². The first-order chi connectivity index (χ1) is 8.24. The van der Waals surface area contributed by atoms with E-state index in [0.29, 0.717) is 6.42 Å². The first kappa shape index (κ1) is 15.2. The molecule has 0 amide bonds. The summed E-state index contributed by atoms with van der Waals surface area (Å²) in [5.74, 6) is 0. The first-order valence-electron chi connectivity index (χ1n) is 5.31. The van der Waals surface area contributed by atoms with Gasteiger partial charge in [-0.05, 0) is 18.6 Å². The molecule has 0 unspecified atom stereocenters. The van der Waals surface area contributed by atoms with E-state index in [1.165, 1.54) is 12.1 Å². The number of hydrogen-bond donors (Lipinski definition) is 1. The van der Waals surface area contributed by atoms with Crippen LogP contribution in [0.2, 0.25) is 10.0 Å². The average molecular weight is 301 g/mol. The first-order valence-corrected chi connectivity index (χ1v) is 6.06. The van der Waals surface area contributed by atoms with E-state index in [1.54, 1.807) is 6.92 Å². The van der Waals surface area contributed by atoms with Gasteiger partial charge in [0.15, 0.2) is 0 Å². The van der Waals surface area contributed by atoms with Gasteiger partial charge in [0.05, 0.1) is 21.4 Å². The molecule has 0 aromatic heterocycles. The van der Waals surface area contributed by atoms with Gasteiger partial charge < -0.3 is 10.6 Å². The molecule has 0 aliphatic carbocycles. The summed E-state index contributed by atoms with van der Waals surface area (Å²) in [6, 6.07) is 2.72. The van der Waals surface area contributed by atoms with Crippen LogP contribution in [0.5, 0.6) is 0 Å². The Hall–Kier alpha value is -0.810. The van der Waals surface area contributed by atoms with Crippen LogP contribution in [0.1, 0.15) is 13.3 Å². The molecule has 0 radical (unpaired) electrons. The zero-order chi connectivity index (χ0) is 13.9. The second kappa shape index (κ2) is 5.89. The predicted octanol–water partition coefficient (Wildman–Crippen LogP) is 4.35. The highest BCUT2D eigenvalue weighted by molar-refractivity contribution is 6.42. The summed E-state index contributed by atoms with van der Waals surface area (Å²) in [4.78, 5) is 1.15. The van der Waals surface area contributed by atoms with Gasteiger partial charge in [-0.2, -0.15) is 13.2 Å². The average Bonchev–Trinajstić information content (AvgIpc) is 2.21. The van der Waals surface area contributed by atoms with Crippen molar-refractivity contribution in [3.05, 3.63) is 22.2 Å². The monoisotopic (exact) mass is 300 g/mol. The number of alkyl halides is 3. The fourth-order valence-corrected chi connectivity index (χ4v) is 1.93. The van der Waals surface area contributed by atoms with Crippen molar-refractivity contribution in [1.29, 1.82) is 0 Å². The third-order valence-corrected chi connectivity index (χ3v) is 3.00. The molecule has 0 atom stereocenters. The lowest BCUT2D eigenvalue weighted by molar-refractivity contribution is -0.119. The van der Waals surface area contributed by atoms with Gasteiger partial charge in [-0.3, -0.25) is 0 Å². The zero-order valence-corrected chi connectivity index (χ0v) is 11.2. The Balaban J connectivity index is 3.09. The van der Waals surface area contributed by atoms with E-state index in [-0.39, 0.29) is 28.0 Å². The van der Waals surface area contributed by atoms with Crippen LogP contribution in [0.25, 0.3) is 0 Å². The quantitative estimate of drug-likeness (QED) is 0.838. The van der Waals surface area contributed by atoms with E-state index < -0.39 is 12.7 Å². The Labute approximate surface area is 113 Å². The molecule has 0 bridgehead atoms. The molecular formula is C11H13Cl2F3N2. The minimum absolute atomic E-state index is 0.183. The van der Waals surface area contributed by atoms with Crippen LogP contribution >= 0.6 is 23.2 Å². The van der Waals surface area contributed by atoms with Gasteiger partial charge in [0.2, 0.25) is 0 Å². The largest absolute Gasteiger partial charge is 0.405 e. The van der Waals surface area contributed by atoms with Crippen LogP contribution in [0.3, 0.4) is 0 Å². The maximum Gasteiger partial charge on any atom is 0.405 e. The zero-order valence-electron chi connectivity index (χ0n) is 9.69. The predicted molar refractivity (Wildman–Crippen MR) is 69.4 cm³/mol. The lowest BCUT2D eigenvalue weighted by Gasteiger charge is -2.27. The van der Waals surface area contributed by atoms with Crippen molar-refractivity contribution >= 4 is 34.6 Å². The number of nitrogens with zero attached hydrogens (tertiary/aromatic N) is 1. The summed E-state index contributed by atoms with van der Waals surface area (Å²) < 4.78 is 37.5. The van der Waals surface area contributed by atoms with Gasteiger partial charge in [-0.1, -0.05) is 30.1 Å². The fourth-order valence-electron chi connectivity index (χ4n) is 1.60. The molecule has 0 saturated heterocycles. The highest BCUT2D eigenvalue weighted by Crippen LogP contribution is 2.34. The summed E-state index contributed by atoms with van der Waals surface area (Å²) in [6.45, 7) is 0.960. The summed E-state index contributed by atoms with van der Waals surface area (Å²) in [6.07, 6.45) is -3.73. The van der Waals surface area contributed by atoms with Crippen LogP contribution < -0.4 is 10.6 Å². The Kier molecular flexibility index (Phi) is 4.99. The lowest BCUT2D eigenvalue weighted by atomic mass is 10.2. The molecule has 2 N–H and O–H groups in total. The number of rotatable bonds is 4. The molecule has 0 fully saturated rings. The Bertz CT molecular complexity index is 421. The van der Waals surface area contributed by atoms with Crippen LogP contribution in [-0.2, 0) is 0 Å². The maximum absolute atomic E-state index is 12.5. The van der Waals surface area contributed by atoms with Gasteiger partial charge in [0.25, 0.3) is 0 Å². The number of halogens is 5. The van der Waals surface area contributed by atoms with Crippen LogP contribution in [-0.4, -0.2) is 19.3 Å². The van der Waals surface area contributed by atoms with Gasteiger partial charge >= 0.3 is 6.18 Å². The fraction of sp³-hybridized carbons (Fsp3) is 0.455. The molecule has 102 valence electrons. The van der Waals surface area contributed by atoms with Crippen molar-refractivity contribution < 1.29 is 13.2 Å². The van der Waals surface area contributed by atoms with Gasteiger partial charge in [0, 0.05) is 6.54 Å². The third-order valence-electron chi connectivity index (χ3n) is 2.27. The summed E-state index contributed by atoms with van der Waals surface area (Å²) in [7, 11) is 0. The number of hydrogen-bond acceptors (Lipinski definition) is 2. The van der Waals surface area contributed by atoms with Gasteiger partial charge in [-0.25, -0.2) is 0 Å². The summed E-state index contributed by atoms with van der Waals surface area (Å²) in [5.41, 5.74) is 6.12. The molecule has 1 aromatic carbocycles. The second-order valence-electron chi connectivity index (χ2n) is 3.86. The van der Waals surface area contributed by atoms with E-state index in [0.717, 1.165) is 4.90 Å². The summed E-state index contributed by atoms with van der Waals surface area (Å²) >= 11 is 11.6. The third kappa shape index (κ3) is 4.14. The van der Waals surface area contributed by atoms with E-state index in [4.69, 9.17) is 28.9 Å². The van der Waals surface area contributed by atoms with Gasteiger partial charge in [0.1, 0.15) is 6.54 Å². The van der Waals surface area contributed by atoms with Crippen LogP contribution in [0.4, 0.5) is 24.5 Å². The van der Waals surface area contributed by atoms with Crippen LogP contribution in [0.15, 0.2) is 12.1 Å². The van der Waals surface area contributed by atoms with Crippen LogP contribution in [0, 0.1) is 0 Å². The number of benzene rings is 1. The normalized spacial score (nSPS) is 11.7. The standard InChI is InChI=1S/C11H13Cl2F3N2/c1-2-3-18(6-11(14,15)16)10-5-8(13)7(12)4-9(10)17/h4-5H,2-3,6,17H2,1H3. The number of anilines is 2. The molecule has 0 aliphatic heterocycles. The van der Waals surface area contributed by atoms with Crippen molar-refractivity contribution in [2.45, 2.75) is 19.5 Å². The number of nitrogen functional groups attached to an aromatic ring is 1. The van der Waals surface area contributed by atoms with Crippen molar-refractivity contribution in [3.8, 4) is 0 Å². The topological polar surface area (TPSA) is 29.3 Å². The Morgan fingerprint density at radius 1 is 1.22 bits per heavy atom. The van der Waals surface area contributed by atoms with E-state index >= 15 is 0 Å². The minimum atomic E-state index is -4.30. The lowest BCUT2D eigenvalue weighted by Crippen LogP contribution is -2.35. The smallest absolute Gasteiger partial charge is 0.397 e. The van der Waals surface area contributed by atoms with E-state index in [1.807, 2.05) is 0 Å². The molecule has 0 spiro atoms. The minimum Gasteiger partial charge on any atom is -0.397 e. The maximum atomic E-state index is 12.5. The number of nitrogens with two attached hydrogens (primary N) is 1. The summed E-state index contributed by atoms with van der Waals surface area (Å²) in [5, 5.41) is 0.408. The van der Waals surface area contributed by atoms with E-state index in [2.05, 4.69) is 0 Å². The molecule has 0 saturated carbocycles. The molecule has 1 rings (SSSR count). The van der Waals surface area contributed by atoms with Crippen molar-refractivity contribution in [2.75, 3.05) is 23.7 Å². The molecule has 18 heavy (non-hydrogen) atoms. The van der Waals surface area contributed by atoms with Gasteiger partial charge in [-0.15, -0.1) is 0 Å². The molecule has 7 heteroatoms. The Morgan fingerprint density at radius 2 is 1.78 bits per heavy atom. The molecule has 2 nitrogen and oxygen atoms in total. The molecule has 0 heterocycles. The molecule has 1 aromatic rings. The van der Waals surface area contributed by atoms with Crippen molar-refractivity contribution in [1.82, 2.24) is 0 Å².